The van der Waals surface area contributed by atoms with E-state index in [1.165, 1.54) is 0 Å². The van der Waals surface area contributed by atoms with Gasteiger partial charge < -0.3 is 5.11 Å². The predicted octanol–water partition coefficient (Wildman–Crippen LogP) is 2.45. The Balaban J connectivity index is 4.48. The lowest BCUT2D eigenvalue weighted by molar-refractivity contribution is 0.135. The Morgan fingerprint density at radius 2 is 1.73 bits per heavy atom. The molecule has 0 unspecified atom stereocenters. The number of aliphatic hydroxyl groups excluding tert-OH is 1. The first kappa shape index (κ1) is 15.9. The molecule has 0 heterocycles. The lowest BCUT2D eigenvalue weighted by Gasteiger charge is -2.25. The molecule has 0 saturated carbocycles. The molecule has 0 aromatic rings. The van der Waals surface area contributed by atoms with Gasteiger partial charge in [0.15, 0.2) is 6.23 Å². The van der Waals surface area contributed by atoms with Crippen LogP contribution in [-0.4, -0.2) is 28.3 Å². The van der Waals surface area contributed by atoms with E-state index < -0.39 is 17.8 Å². The minimum absolute atomic E-state index is 0.136. The zero-order valence-electron chi connectivity index (χ0n) is 8.24. The van der Waals surface area contributed by atoms with Crippen molar-refractivity contribution in [1.29, 1.82) is 0 Å². The van der Waals surface area contributed by atoms with Crippen LogP contribution in [0.4, 0.5) is 0 Å². The summed E-state index contributed by atoms with van der Waals surface area (Å²) < 4.78 is 19.4. The van der Waals surface area contributed by atoms with E-state index >= 15 is 0 Å². The van der Waals surface area contributed by atoms with E-state index in [4.69, 9.17) is 43.9 Å². The average molecular weight is 301 g/mol. The molecular formula is C6H13Cl3NO4P. The van der Waals surface area contributed by atoms with E-state index in [0.29, 0.717) is 0 Å². The lowest BCUT2D eigenvalue weighted by atomic mass is 10.7. The van der Waals surface area contributed by atoms with E-state index in [1.807, 2.05) is 0 Å². The molecule has 0 fully saturated rings. The third kappa shape index (κ3) is 6.29. The van der Waals surface area contributed by atoms with Crippen molar-refractivity contribution in [3.63, 3.8) is 0 Å². The summed E-state index contributed by atoms with van der Waals surface area (Å²) in [6.45, 7) is 3.51. The second kappa shape index (κ2) is 6.62. The summed E-state index contributed by atoms with van der Waals surface area (Å²) in [5.74, 6) is 0. The van der Waals surface area contributed by atoms with Gasteiger partial charge in [-0.2, -0.15) is 5.09 Å². The maximum atomic E-state index is 11.8. The quantitative estimate of drug-likeness (QED) is 0.448. The van der Waals surface area contributed by atoms with Gasteiger partial charge in [-0.25, -0.2) is 4.57 Å². The van der Waals surface area contributed by atoms with E-state index in [9.17, 15) is 9.67 Å². The fourth-order valence-corrected chi connectivity index (χ4v) is 2.46. The predicted molar refractivity (Wildman–Crippen MR) is 60.3 cm³/mol. The molecule has 0 aliphatic rings. The standard InChI is InChI=1S/C6H13Cl3NO4P/c1-3-13-15(12,14-4-2)10-5(11)6(7,8)9/h5,11H,3-4H2,1-2H3,(H,10,12)/t5-/m1/s1. The van der Waals surface area contributed by atoms with E-state index in [1.54, 1.807) is 13.8 Å². The van der Waals surface area contributed by atoms with Crippen molar-refractivity contribution in [1.82, 2.24) is 5.09 Å². The first-order valence-electron chi connectivity index (χ1n) is 4.17. The molecule has 0 rings (SSSR count). The number of nitrogens with one attached hydrogen (secondary N) is 1. The van der Waals surface area contributed by atoms with Crippen molar-refractivity contribution >= 4 is 42.5 Å². The van der Waals surface area contributed by atoms with Crippen molar-refractivity contribution < 1.29 is 18.7 Å². The fourth-order valence-electron chi connectivity index (χ4n) is 0.675. The second-order valence-electron chi connectivity index (χ2n) is 2.41. The van der Waals surface area contributed by atoms with Gasteiger partial charge in [0.1, 0.15) is 0 Å². The van der Waals surface area contributed by atoms with Crippen molar-refractivity contribution in [2.75, 3.05) is 13.2 Å². The van der Waals surface area contributed by atoms with Crippen LogP contribution >= 0.6 is 42.5 Å². The van der Waals surface area contributed by atoms with Crippen LogP contribution in [0.5, 0.6) is 0 Å². The molecule has 0 radical (unpaired) electrons. The Labute approximate surface area is 104 Å². The normalized spacial score (nSPS) is 15.3. The minimum Gasteiger partial charge on any atom is -0.374 e. The second-order valence-corrected chi connectivity index (χ2v) is 6.54. The molecule has 5 nitrogen and oxygen atoms in total. The molecule has 0 saturated heterocycles. The van der Waals surface area contributed by atoms with Crippen molar-refractivity contribution in [2.45, 2.75) is 23.9 Å². The summed E-state index contributed by atoms with van der Waals surface area (Å²) in [6, 6.07) is 0. The van der Waals surface area contributed by atoms with Crippen molar-refractivity contribution in [2.24, 2.45) is 0 Å². The number of alkyl halides is 3. The number of hydrogen-bond acceptors (Lipinski definition) is 4. The zero-order chi connectivity index (χ0) is 12.1. The maximum absolute atomic E-state index is 11.8. The molecule has 0 spiro atoms. The first-order chi connectivity index (χ1) is 6.75. The highest BCUT2D eigenvalue weighted by atomic mass is 35.6. The van der Waals surface area contributed by atoms with Gasteiger partial charge in [0.05, 0.1) is 13.2 Å². The molecule has 0 aromatic carbocycles. The van der Waals surface area contributed by atoms with Gasteiger partial charge >= 0.3 is 7.75 Å². The lowest BCUT2D eigenvalue weighted by Crippen LogP contribution is -2.38. The monoisotopic (exact) mass is 299 g/mol. The van der Waals surface area contributed by atoms with Crippen LogP contribution in [0.1, 0.15) is 13.8 Å². The van der Waals surface area contributed by atoms with Gasteiger partial charge in [-0.3, -0.25) is 9.05 Å². The Morgan fingerprint density at radius 1 is 1.33 bits per heavy atom. The molecule has 15 heavy (non-hydrogen) atoms. The Hall–Kier alpha value is 0.940. The highest BCUT2D eigenvalue weighted by molar-refractivity contribution is 7.51. The van der Waals surface area contributed by atoms with Crippen LogP contribution in [0.3, 0.4) is 0 Å². The molecular weight excluding hydrogens is 287 g/mol. The Kier molecular flexibility index (Phi) is 7.04. The molecule has 2 N–H and O–H groups in total. The topological polar surface area (TPSA) is 67.8 Å². The summed E-state index contributed by atoms with van der Waals surface area (Å²) >= 11 is 16.1. The molecule has 9 heteroatoms. The maximum Gasteiger partial charge on any atom is 0.407 e. The third-order valence-electron chi connectivity index (χ3n) is 1.19. The molecule has 0 aliphatic carbocycles. The van der Waals surface area contributed by atoms with Gasteiger partial charge in [0, 0.05) is 0 Å². The first-order valence-corrected chi connectivity index (χ1v) is 6.84. The smallest absolute Gasteiger partial charge is 0.374 e. The van der Waals surface area contributed by atoms with Gasteiger partial charge in [-0.15, -0.1) is 0 Å². The summed E-state index contributed by atoms with van der Waals surface area (Å²) in [5.41, 5.74) is 0. The largest absolute Gasteiger partial charge is 0.407 e. The number of halogens is 3. The van der Waals surface area contributed by atoms with Crippen LogP contribution in [0.25, 0.3) is 0 Å². The number of aliphatic hydroxyl groups is 1. The van der Waals surface area contributed by atoms with E-state index in [2.05, 4.69) is 5.09 Å². The zero-order valence-corrected chi connectivity index (χ0v) is 11.4. The van der Waals surface area contributed by atoms with Gasteiger partial charge in [0.2, 0.25) is 3.79 Å². The van der Waals surface area contributed by atoms with Crippen LogP contribution in [0.2, 0.25) is 0 Å². The van der Waals surface area contributed by atoms with Crippen LogP contribution < -0.4 is 5.09 Å². The van der Waals surface area contributed by atoms with Crippen LogP contribution in [-0.2, 0) is 13.6 Å². The van der Waals surface area contributed by atoms with E-state index in [0.717, 1.165) is 0 Å². The van der Waals surface area contributed by atoms with Crippen molar-refractivity contribution in [3.8, 4) is 0 Å². The highest BCUT2D eigenvalue weighted by Crippen LogP contribution is 2.46. The molecule has 1 atom stereocenters. The number of hydrogen-bond donors (Lipinski definition) is 2. The summed E-state index contributed by atoms with van der Waals surface area (Å²) in [6.07, 6.45) is -1.65. The fraction of sp³-hybridized carbons (Fsp3) is 1.00. The van der Waals surface area contributed by atoms with Gasteiger partial charge in [0.25, 0.3) is 0 Å². The van der Waals surface area contributed by atoms with Crippen molar-refractivity contribution in [3.05, 3.63) is 0 Å². The van der Waals surface area contributed by atoms with Gasteiger partial charge in [-0.1, -0.05) is 34.8 Å². The molecule has 92 valence electrons. The summed E-state index contributed by atoms with van der Waals surface area (Å²) in [4.78, 5) is 0. The molecule has 0 aliphatic heterocycles. The molecule has 0 aromatic heterocycles. The Bertz CT molecular complexity index is 225. The number of rotatable bonds is 6. The van der Waals surface area contributed by atoms with Crippen LogP contribution in [0, 0.1) is 0 Å². The third-order valence-corrected chi connectivity index (χ3v) is 3.57. The van der Waals surface area contributed by atoms with E-state index in [-0.39, 0.29) is 13.2 Å². The van der Waals surface area contributed by atoms with Gasteiger partial charge in [-0.05, 0) is 13.8 Å². The molecule has 0 amide bonds. The highest BCUT2D eigenvalue weighted by Gasteiger charge is 2.37. The SMILES string of the molecule is CCOP(=O)(N[C@H](O)C(Cl)(Cl)Cl)OCC. The average Bonchev–Trinajstić information content (AvgIpc) is 2.02. The minimum atomic E-state index is -3.63. The molecule has 0 bridgehead atoms. The summed E-state index contributed by atoms with van der Waals surface area (Å²) in [7, 11) is -3.63. The van der Waals surface area contributed by atoms with Crippen LogP contribution in [0.15, 0.2) is 0 Å². The summed E-state index contributed by atoms with van der Waals surface area (Å²) in [5, 5.41) is 11.4. The Morgan fingerprint density at radius 3 is 2.00 bits per heavy atom.